The molecule has 0 aliphatic carbocycles. The molecule has 0 radical (unpaired) electrons. The van der Waals surface area contributed by atoms with Crippen LogP contribution in [0.1, 0.15) is 6.42 Å². The number of imidazole rings is 1. The molecule has 0 saturated carbocycles. The van der Waals surface area contributed by atoms with Gasteiger partial charge < -0.3 is 14.3 Å². The minimum atomic E-state index is -0.286. The quantitative estimate of drug-likeness (QED) is 0.696. The van der Waals surface area contributed by atoms with Crippen LogP contribution in [0.2, 0.25) is 10.0 Å². The van der Waals surface area contributed by atoms with Crippen molar-refractivity contribution in [1.82, 2.24) is 9.55 Å². The SMILES string of the molecule is COC(=O)CCn1c(=S)[nH]c2cc(Cl)c(Cl)cc21. The minimum Gasteiger partial charge on any atom is -0.469 e. The van der Waals surface area contributed by atoms with Crippen LogP contribution in [0.4, 0.5) is 0 Å². The topological polar surface area (TPSA) is 47.0 Å². The van der Waals surface area contributed by atoms with Crippen LogP contribution < -0.4 is 0 Å². The van der Waals surface area contributed by atoms with Gasteiger partial charge in [-0.25, -0.2) is 0 Å². The van der Waals surface area contributed by atoms with Crippen molar-refractivity contribution in [1.29, 1.82) is 0 Å². The van der Waals surface area contributed by atoms with Gasteiger partial charge in [-0.1, -0.05) is 23.2 Å². The van der Waals surface area contributed by atoms with Gasteiger partial charge in [-0.15, -0.1) is 0 Å². The Balaban J connectivity index is 2.44. The van der Waals surface area contributed by atoms with Crippen LogP contribution in [0.15, 0.2) is 12.1 Å². The van der Waals surface area contributed by atoms with Crippen LogP contribution in [0, 0.1) is 4.77 Å². The van der Waals surface area contributed by atoms with Gasteiger partial charge in [-0.3, -0.25) is 4.79 Å². The molecule has 0 bridgehead atoms. The van der Waals surface area contributed by atoms with Gasteiger partial charge in [0, 0.05) is 6.54 Å². The molecular weight excluding hydrogens is 295 g/mol. The molecule has 0 spiro atoms. The molecule has 18 heavy (non-hydrogen) atoms. The Morgan fingerprint density at radius 3 is 2.78 bits per heavy atom. The Labute approximate surface area is 118 Å². The Hall–Kier alpha value is -1.04. The van der Waals surface area contributed by atoms with Crippen molar-refractivity contribution in [3.8, 4) is 0 Å². The summed E-state index contributed by atoms with van der Waals surface area (Å²) in [6.45, 7) is 0.434. The summed E-state index contributed by atoms with van der Waals surface area (Å²) in [5.41, 5.74) is 1.61. The van der Waals surface area contributed by atoms with Crippen molar-refractivity contribution in [2.75, 3.05) is 7.11 Å². The van der Waals surface area contributed by atoms with Crippen LogP contribution in [0.5, 0.6) is 0 Å². The number of hydrogen-bond donors (Lipinski definition) is 1. The number of nitrogens with zero attached hydrogens (tertiary/aromatic N) is 1. The smallest absolute Gasteiger partial charge is 0.307 e. The number of hydrogen-bond acceptors (Lipinski definition) is 3. The summed E-state index contributed by atoms with van der Waals surface area (Å²) in [5.74, 6) is -0.286. The van der Waals surface area contributed by atoms with Crippen LogP contribution in [-0.2, 0) is 16.1 Å². The van der Waals surface area contributed by atoms with Crippen molar-refractivity contribution in [3.05, 3.63) is 26.9 Å². The van der Waals surface area contributed by atoms with E-state index in [2.05, 4.69) is 9.72 Å². The molecule has 0 fully saturated rings. The number of carbonyl (C=O) groups is 1. The lowest BCUT2D eigenvalue weighted by Crippen LogP contribution is -2.06. The van der Waals surface area contributed by atoms with Gasteiger partial charge in [0.05, 0.1) is 34.6 Å². The number of esters is 1. The molecule has 0 aliphatic rings. The highest BCUT2D eigenvalue weighted by Crippen LogP contribution is 2.27. The summed E-state index contributed by atoms with van der Waals surface area (Å²) in [6.07, 6.45) is 0.248. The number of rotatable bonds is 3. The second-order valence-corrected chi connectivity index (χ2v) is 4.89. The molecule has 0 aliphatic heterocycles. The molecule has 0 unspecified atom stereocenters. The fourth-order valence-corrected chi connectivity index (χ4v) is 2.30. The first-order valence-electron chi connectivity index (χ1n) is 5.17. The molecule has 2 rings (SSSR count). The number of ether oxygens (including phenoxy) is 1. The van der Waals surface area contributed by atoms with Gasteiger partial charge in [0.15, 0.2) is 4.77 Å². The van der Waals surface area contributed by atoms with Crippen LogP contribution in [-0.4, -0.2) is 22.6 Å². The third-order valence-electron chi connectivity index (χ3n) is 2.58. The van der Waals surface area contributed by atoms with E-state index in [0.29, 0.717) is 21.4 Å². The number of H-pyrrole nitrogens is 1. The third kappa shape index (κ3) is 2.53. The maximum atomic E-state index is 11.1. The zero-order valence-corrected chi connectivity index (χ0v) is 11.8. The number of halogens is 2. The van der Waals surface area contributed by atoms with Gasteiger partial charge in [0.1, 0.15) is 0 Å². The first kappa shape index (κ1) is 13.4. The zero-order valence-electron chi connectivity index (χ0n) is 9.50. The summed E-state index contributed by atoms with van der Waals surface area (Å²) >= 11 is 17.1. The fourth-order valence-electron chi connectivity index (χ4n) is 1.68. The van der Waals surface area contributed by atoms with E-state index in [4.69, 9.17) is 35.4 Å². The lowest BCUT2D eigenvalue weighted by molar-refractivity contribution is -0.140. The average molecular weight is 305 g/mol. The molecule has 96 valence electrons. The summed E-state index contributed by atoms with van der Waals surface area (Å²) in [5, 5.41) is 0.908. The predicted octanol–water partition coefficient (Wildman–Crippen LogP) is 3.57. The molecule has 7 heteroatoms. The monoisotopic (exact) mass is 304 g/mol. The first-order valence-corrected chi connectivity index (χ1v) is 6.33. The molecule has 0 amide bonds. The summed E-state index contributed by atoms with van der Waals surface area (Å²) < 4.78 is 6.92. The average Bonchev–Trinajstić information content (AvgIpc) is 2.62. The van der Waals surface area contributed by atoms with Gasteiger partial charge in [0.25, 0.3) is 0 Å². The first-order chi connectivity index (χ1) is 8.52. The van der Waals surface area contributed by atoms with E-state index in [1.54, 1.807) is 16.7 Å². The van der Waals surface area contributed by atoms with E-state index in [1.165, 1.54) is 7.11 Å². The van der Waals surface area contributed by atoms with Crippen molar-refractivity contribution in [2.45, 2.75) is 13.0 Å². The number of aryl methyl sites for hydroxylation is 1. The number of nitrogens with one attached hydrogen (secondary N) is 1. The molecule has 1 aromatic carbocycles. The number of methoxy groups -OCH3 is 1. The third-order valence-corrected chi connectivity index (χ3v) is 3.63. The maximum Gasteiger partial charge on any atom is 0.307 e. The minimum absolute atomic E-state index is 0.248. The Morgan fingerprint density at radius 1 is 1.44 bits per heavy atom. The Bertz CT molecular complexity index is 663. The summed E-state index contributed by atoms with van der Waals surface area (Å²) in [6, 6.07) is 3.44. The van der Waals surface area contributed by atoms with Crippen molar-refractivity contribution >= 4 is 52.4 Å². The maximum absolute atomic E-state index is 11.1. The standard InChI is InChI=1S/C11H10Cl2N2O2S/c1-17-10(16)2-3-15-9-5-7(13)6(12)4-8(9)14-11(15)18/h4-5H,2-3H2,1H3,(H,14,18). The zero-order chi connectivity index (χ0) is 13.3. The highest BCUT2D eigenvalue weighted by atomic mass is 35.5. The molecule has 0 saturated heterocycles. The second-order valence-electron chi connectivity index (χ2n) is 3.69. The summed E-state index contributed by atoms with van der Waals surface area (Å²) in [4.78, 5) is 14.2. The Kier molecular flexibility index (Phi) is 3.94. The summed E-state index contributed by atoms with van der Waals surface area (Å²) in [7, 11) is 1.35. The van der Waals surface area contributed by atoms with Gasteiger partial charge >= 0.3 is 5.97 Å². The van der Waals surface area contributed by atoms with E-state index in [-0.39, 0.29) is 12.4 Å². The van der Waals surface area contributed by atoms with E-state index in [0.717, 1.165) is 11.0 Å². The van der Waals surface area contributed by atoms with Gasteiger partial charge in [-0.2, -0.15) is 0 Å². The molecule has 1 heterocycles. The van der Waals surface area contributed by atoms with E-state index >= 15 is 0 Å². The number of benzene rings is 1. The largest absolute Gasteiger partial charge is 0.469 e. The predicted molar refractivity (Wildman–Crippen MR) is 73.8 cm³/mol. The molecule has 0 atom stereocenters. The van der Waals surface area contributed by atoms with Gasteiger partial charge in [0.2, 0.25) is 0 Å². The fraction of sp³-hybridized carbons (Fsp3) is 0.273. The van der Waals surface area contributed by atoms with Crippen molar-refractivity contribution in [3.63, 3.8) is 0 Å². The Morgan fingerprint density at radius 2 is 2.11 bits per heavy atom. The highest BCUT2D eigenvalue weighted by molar-refractivity contribution is 7.71. The number of carbonyl (C=O) groups excluding carboxylic acids is 1. The van der Waals surface area contributed by atoms with E-state index in [1.807, 2.05) is 0 Å². The molecular formula is C11H10Cl2N2O2S. The van der Waals surface area contributed by atoms with Crippen molar-refractivity contribution in [2.24, 2.45) is 0 Å². The second kappa shape index (κ2) is 5.30. The molecule has 4 nitrogen and oxygen atoms in total. The van der Waals surface area contributed by atoms with Crippen LogP contribution in [0.3, 0.4) is 0 Å². The number of fused-ring (bicyclic) bond motifs is 1. The lowest BCUT2D eigenvalue weighted by atomic mass is 10.3. The molecule has 2 aromatic rings. The number of aromatic amines is 1. The van der Waals surface area contributed by atoms with E-state index in [9.17, 15) is 4.79 Å². The van der Waals surface area contributed by atoms with Crippen molar-refractivity contribution < 1.29 is 9.53 Å². The molecule has 1 N–H and O–H groups in total. The van der Waals surface area contributed by atoms with Crippen LogP contribution in [0.25, 0.3) is 11.0 Å². The van der Waals surface area contributed by atoms with Gasteiger partial charge in [-0.05, 0) is 24.4 Å². The van der Waals surface area contributed by atoms with E-state index < -0.39 is 0 Å². The number of aromatic nitrogens is 2. The normalized spacial score (nSPS) is 10.8. The molecule has 1 aromatic heterocycles. The van der Waals surface area contributed by atoms with Crippen LogP contribution >= 0.6 is 35.4 Å². The lowest BCUT2D eigenvalue weighted by Gasteiger charge is -2.04. The highest BCUT2D eigenvalue weighted by Gasteiger charge is 2.09.